The van der Waals surface area contributed by atoms with Crippen molar-refractivity contribution in [2.75, 3.05) is 5.73 Å². The Balaban J connectivity index is 2.47. The van der Waals surface area contributed by atoms with Crippen LogP contribution in [0.15, 0.2) is 24.3 Å². The molecule has 1 aliphatic rings. The molecule has 0 fully saturated rings. The number of nitrogen functional groups attached to an aromatic ring is 1. The summed E-state index contributed by atoms with van der Waals surface area (Å²) < 4.78 is 0. The smallest absolute Gasteiger partial charge is 0.145 e. The summed E-state index contributed by atoms with van der Waals surface area (Å²) in [5.41, 5.74) is 8.16. The Labute approximate surface area is 77.7 Å². The molecule has 1 atom stereocenters. The van der Waals surface area contributed by atoms with Gasteiger partial charge in [-0.15, -0.1) is 0 Å². The molecule has 0 aliphatic heterocycles. The molecule has 13 heavy (non-hydrogen) atoms. The van der Waals surface area contributed by atoms with Crippen molar-refractivity contribution in [1.82, 2.24) is 0 Å². The molecule has 68 valence electrons. The van der Waals surface area contributed by atoms with Crippen molar-refractivity contribution in [3.63, 3.8) is 0 Å². The van der Waals surface area contributed by atoms with Crippen molar-refractivity contribution < 1.29 is 5.11 Å². The Morgan fingerprint density at radius 2 is 2.23 bits per heavy atom. The standard InChI is InChI=1S/C11H13NO/c1-7-5-6-8(7)9-3-2-4-10(12)11(9)13/h2-4,6-7,13H,5,12H2,1H3. The quantitative estimate of drug-likeness (QED) is 0.508. The fourth-order valence-electron chi connectivity index (χ4n) is 1.64. The summed E-state index contributed by atoms with van der Waals surface area (Å²) >= 11 is 0. The highest BCUT2D eigenvalue weighted by molar-refractivity contribution is 5.79. The van der Waals surface area contributed by atoms with Gasteiger partial charge in [0, 0.05) is 5.56 Å². The van der Waals surface area contributed by atoms with E-state index in [1.54, 1.807) is 6.07 Å². The Kier molecular flexibility index (Phi) is 1.76. The molecule has 2 heteroatoms. The first kappa shape index (κ1) is 8.17. The number of anilines is 1. The van der Waals surface area contributed by atoms with Crippen molar-refractivity contribution >= 4 is 11.3 Å². The fraction of sp³-hybridized carbons (Fsp3) is 0.273. The van der Waals surface area contributed by atoms with Crippen molar-refractivity contribution in [1.29, 1.82) is 0 Å². The van der Waals surface area contributed by atoms with Crippen LogP contribution in [-0.2, 0) is 0 Å². The number of hydrogen-bond donors (Lipinski definition) is 2. The summed E-state index contributed by atoms with van der Waals surface area (Å²) in [5, 5.41) is 9.68. The van der Waals surface area contributed by atoms with Crippen LogP contribution >= 0.6 is 0 Å². The lowest BCUT2D eigenvalue weighted by Crippen LogP contribution is -2.07. The number of benzene rings is 1. The minimum atomic E-state index is 0.223. The van der Waals surface area contributed by atoms with Gasteiger partial charge >= 0.3 is 0 Å². The molecule has 1 unspecified atom stereocenters. The van der Waals surface area contributed by atoms with Crippen molar-refractivity contribution in [2.45, 2.75) is 13.3 Å². The van der Waals surface area contributed by atoms with Crippen LogP contribution in [0.1, 0.15) is 18.9 Å². The molecule has 1 aromatic carbocycles. The van der Waals surface area contributed by atoms with Gasteiger partial charge in [-0.3, -0.25) is 0 Å². The van der Waals surface area contributed by atoms with E-state index >= 15 is 0 Å². The van der Waals surface area contributed by atoms with E-state index in [4.69, 9.17) is 5.73 Å². The fourth-order valence-corrected chi connectivity index (χ4v) is 1.64. The van der Waals surface area contributed by atoms with Crippen LogP contribution in [0.25, 0.3) is 5.57 Å². The summed E-state index contributed by atoms with van der Waals surface area (Å²) in [5.74, 6) is 0.771. The average Bonchev–Trinajstić information content (AvgIpc) is 2.10. The zero-order valence-electron chi connectivity index (χ0n) is 7.62. The van der Waals surface area contributed by atoms with E-state index in [-0.39, 0.29) is 5.75 Å². The Bertz CT molecular complexity index is 368. The van der Waals surface area contributed by atoms with Gasteiger partial charge in [-0.05, 0) is 24.0 Å². The Morgan fingerprint density at radius 1 is 1.46 bits per heavy atom. The van der Waals surface area contributed by atoms with E-state index in [0.717, 1.165) is 12.0 Å². The maximum atomic E-state index is 9.68. The number of phenols is 1. The minimum absolute atomic E-state index is 0.223. The number of aromatic hydroxyl groups is 1. The molecule has 0 amide bonds. The summed E-state index contributed by atoms with van der Waals surface area (Å²) in [6.45, 7) is 2.15. The molecule has 0 saturated heterocycles. The number of hydrogen-bond acceptors (Lipinski definition) is 2. The third-order valence-electron chi connectivity index (χ3n) is 2.60. The molecular formula is C11H13NO. The SMILES string of the molecule is CC1CC=C1c1cccc(N)c1O. The van der Waals surface area contributed by atoms with Crippen molar-refractivity contribution in [3.8, 4) is 5.75 Å². The zero-order valence-corrected chi connectivity index (χ0v) is 7.62. The molecule has 0 bridgehead atoms. The van der Waals surface area contributed by atoms with E-state index in [1.807, 2.05) is 12.1 Å². The Morgan fingerprint density at radius 3 is 2.77 bits per heavy atom. The predicted molar refractivity (Wildman–Crippen MR) is 54.3 cm³/mol. The average molecular weight is 175 g/mol. The second-order valence-corrected chi connectivity index (χ2v) is 3.54. The van der Waals surface area contributed by atoms with Crippen molar-refractivity contribution in [3.05, 3.63) is 29.8 Å². The highest BCUT2D eigenvalue weighted by Crippen LogP contribution is 2.40. The van der Waals surface area contributed by atoms with Gasteiger partial charge in [0.05, 0.1) is 5.69 Å². The lowest BCUT2D eigenvalue weighted by atomic mass is 9.81. The van der Waals surface area contributed by atoms with Crippen molar-refractivity contribution in [2.24, 2.45) is 5.92 Å². The van der Waals surface area contributed by atoms with Gasteiger partial charge in [-0.25, -0.2) is 0 Å². The van der Waals surface area contributed by atoms with Gasteiger partial charge in [0.15, 0.2) is 0 Å². The van der Waals surface area contributed by atoms with Gasteiger partial charge in [0.25, 0.3) is 0 Å². The van der Waals surface area contributed by atoms with E-state index in [2.05, 4.69) is 13.0 Å². The Hall–Kier alpha value is -1.44. The van der Waals surface area contributed by atoms with Gasteiger partial charge in [0.2, 0.25) is 0 Å². The number of phenolic OH excluding ortho intramolecular Hbond substituents is 1. The second kappa shape index (κ2) is 2.80. The lowest BCUT2D eigenvalue weighted by Gasteiger charge is -2.24. The second-order valence-electron chi connectivity index (χ2n) is 3.54. The van der Waals surface area contributed by atoms with Gasteiger partial charge in [-0.2, -0.15) is 0 Å². The summed E-state index contributed by atoms with van der Waals surface area (Å²) in [7, 11) is 0. The minimum Gasteiger partial charge on any atom is -0.505 e. The van der Waals surface area contributed by atoms with Crippen LogP contribution in [0.2, 0.25) is 0 Å². The molecule has 0 radical (unpaired) electrons. The molecule has 0 aromatic heterocycles. The van der Waals surface area contributed by atoms with E-state index in [1.165, 1.54) is 5.57 Å². The zero-order chi connectivity index (χ0) is 9.42. The first-order valence-electron chi connectivity index (χ1n) is 4.48. The van der Waals surface area contributed by atoms with Crippen LogP contribution < -0.4 is 5.73 Å². The molecule has 3 N–H and O–H groups in total. The number of nitrogens with two attached hydrogens (primary N) is 1. The first-order valence-corrected chi connectivity index (χ1v) is 4.48. The van der Waals surface area contributed by atoms with Gasteiger partial charge in [0.1, 0.15) is 5.75 Å². The van der Waals surface area contributed by atoms with Crippen LogP contribution in [0.5, 0.6) is 5.75 Å². The van der Waals surface area contributed by atoms with E-state index < -0.39 is 0 Å². The summed E-state index contributed by atoms with van der Waals surface area (Å²) in [4.78, 5) is 0. The third-order valence-corrected chi connectivity index (χ3v) is 2.60. The molecule has 2 nitrogen and oxygen atoms in total. The van der Waals surface area contributed by atoms with Gasteiger partial charge < -0.3 is 10.8 Å². The molecule has 1 aromatic rings. The van der Waals surface area contributed by atoms with Crippen LogP contribution in [0.4, 0.5) is 5.69 Å². The highest BCUT2D eigenvalue weighted by Gasteiger charge is 2.20. The molecule has 0 spiro atoms. The summed E-state index contributed by atoms with van der Waals surface area (Å²) in [6.07, 6.45) is 3.24. The monoisotopic (exact) mass is 175 g/mol. The maximum absolute atomic E-state index is 9.68. The molecule has 0 heterocycles. The van der Waals surface area contributed by atoms with E-state index in [9.17, 15) is 5.11 Å². The summed E-state index contributed by atoms with van der Waals surface area (Å²) in [6, 6.07) is 5.49. The third kappa shape index (κ3) is 1.18. The molecular weight excluding hydrogens is 162 g/mol. The number of para-hydroxylation sites is 1. The maximum Gasteiger partial charge on any atom is 0.145 e. The predicted octanol–water partition coefficient (Wildman–Crippen LogP) is 2.40. The van der Waals surface area contributed by atoms with Crippen LogP contribution in [0, 0.1) is 5.92 Å². The largest absolute Gasteiger partial charge is 0.505 e. The molecule has 1 aliphatic carbocycles. The number of rotatable bonds is 1. The van der Waals surface area contributed by atoms with Crippen LogP contribution in [0.3, 0.4) is 0 Å². The molecule has 2 rings (SSSR count). The van der Waals surface area contributed by atoms with Gasteiger partial charge in [-0.1, -0.05) is 25.1 Å². The highest BCUT2D eigenvalue weighted by atomic mass is 16.3. The van der Waals surface area contributed by atoms with Crippen LogP contribution in [-0.4, -0.2) is 5.11 Å². The normalized spacial score (nSPS) is 20.7. The lowest BCUT2D eigenvalue weighted by molar-refractivity contribution is 0.474. The first-order chi connectivity index (χ1) is 6.20. The molecule has 0 saturated carbocycles. The number of allylic oxidation sites excluding steroid dienone is 2. The van der Waals surface area contributed by atoms with E-state index in [0.29, 0.717) is 11.6 Å². The topological polar surface area (TPSA) is 46.2 Å².